The molecule has 0 aliphatic heterocycles. The molecule has 0 radical (unpaired) electrons. The molecule has 0 rings (SSSR count). The Morgan fingerprint density at radius 1 is 1.53 bits per heavy atom. The van der Waals surface area contributed by atoms with Gasteiger partial charge in [-0.05, 0) is 12.8 Å². The van der Waals surface area contributed by atoms with Crippen molar-refractivity contribution in [1.29, 1.82) is 0 Å². The molecule has 0 aromatic rings. The van der Waals surface area contributed by atoms with Crippen LogP contribution in [-0.2, 0) is 10.0 Å². The fraction of sp³-hybridized carbons (Fsp3) is 0.875. The first-order chi connectivity index (χ1) is 6.96. The number of hydrogen-bond acceptors (Lipinski definition) is 4. The standard InChI is InChI=1S/C8H19N3O3S/c1-3-5-6-15(13,14)11-7(4-2)8(9)10-12/h7,11-12H,3-6H2,1-2H3,(H2,9,10). The molecule has 0 bridgehead atoms. The molecule has 0 saturated carbocycles. The van der Waals surface area contributed by atoms with E-state index in [4.69, 9.17) is 10.9 Å². The van der Waals surface area contributed by atoms with Crippen LogP contribution in [0.5, 0.6) is 0 Å². The zero-order valence-electron chi connectivity index (χ0n) is 9.10. The van der Waals surface area contributed by atoms with Crippen LogP contribution in [0.4, 0.5) is 0 Å². The van der Waals surface area contributed by atoms with Gasteiger partial charge >= 0.3 is 0 Å². The first-order valence-electron chi connectivity index (χ1n) is 4.94. The first-order valence-corrected chi connectivity index (χ1v) is 6.59. The van der Waals surface area contributed by atoms with E-state index in [-0.39, 0.29) is 11.6 Å². The largest absolute Gasteiger partial charge is 0.409 e. The van der Waals surface area contributed by atoms with Crippen molar-refractivity contribution < 1.29 is 13.6 Å². The van der Waals surface area contributed by atoms with Crippen molar-refractivity contribution in [1.82, 2.24) is 4.72 Å². The average Bonchev–Trinajstić information content (AvgIpc) is 2.22. The lowest BCUT2D eigenvalue weighted by molar-refractivity contribution is 0.315. The Labute approximate surface area is 90.6 Å². The van der Waals surface area contributed by atoms with Crippen LogP contribution in [0.25, 0.3) is 0 Å². The summed E-state index contributed by atoms with van der Waals surface area (Å²) < 4.78 is 25.3. The number of sulfonamides is 1. The summed E-state index contributed by atoms with van der Waals surface area (Å²) in [5.74, 6) is -0.0452. The number of nitrogens with one attached hydrogen (secondary N) is 1. The predicted octanol–water partition coefficient (Wildman–Crippen LogP) is 0.231. The Morgan fingerprint density at radius 3 is 2.53 bits per heavy atom. The molecule has 0 heterocycles. The van der Waals surface area contributed by atoms with Crippen molar-refractivity contribution in [3.63, 3.8) is 0 Å². The lowest BCUT2D eigenvalue weighted by Gasteiger charge is -2.15. The fourth-order valence-corrected chi connectivity index (χ4v) is 2.54. The van der Waals surface area contributed by atoms with Gasteiger partial charge in [0.25, 0.3) is 0 Å². The highest BCUT2D eigenvalue weighted by molar-refractivity contribution is 7.89. The highest BCUT2D eigenvalue weighted by Crippen LogP contribution is 1.98. The van der Waals surface area contributed by atoms with Crippen LogP contribution in [0.2, 0.25) is 0 Å². The van der Waals surface area contributed by atoms with Gasteiger partial charge in [0.15, 0.2) is 5.84 Å². The van der Waals surface area contributed by atoms with Crippen LogP contribution < -0.4 is 10.5 Å². The molecule has 0 aromatic heterocycles. The quantitative estimate of drug-likeness (QED) is 0.255. The van der Waals surface area contributed by atoms with Crippen molar-refractivity contribution in [3.8, 4) is 0 Å². The molecule has 0 fully saturated rings. The number of nitrogens with two attached hydrogens (primary N) is 1. The van der Waals surface area contributed by atoms with Gasteiger partial charge in [0.2, 0.25) is 10.0 Å². The second-order valence-corrected chi connectivity index (χ2v) is 5.15. The third-order valence-corrected chi connectivity index (χ3v) is 3.44. The Morgan fingerprint density at radius 2 is 2.13 bits per heavy atom. The highest BCUT2D eigenvalue weighted by Gasteiger charge is 2.19. The van der Waals surface area contributed by atoms with Gasteiger partial charge in [0.05, 0.1) is 11.8 Å². The minimum Gasteiger partial charge on any atom is -0.409 e. The molecule has 6 nitrogen and oxygen atoms in total. The van der Waals surface area contributed by atoms with Crippen molar-refractivity contribution in [2.24, 2.45) is 10.9 Å². The van der Waals surface area contributed by atoms with Gasteiger partial charge in [-0.25, -0.2) is 13.1 Å². The number of hydrogen-bond donors (Lipinski definition) is 3. The molecule has 90 valence electrons. The van der Waals surface area contributed by atoms with E-state index in [9.17, 15) is 8.42 Å². The van der Waals surface area contributed by atoms with E-state index < -0.39 is 16.1 Å². The SMILES string of the molecule is CCCCS(=O)(=O)NC(CC)/C(N)=N/O. The minimum absolute atomic E-state index is 0.0682. The lowest BCUT2D eigenvalue weighted by Crippen LogP contribution is -2.44. The van der Waals surface area contributed by atoms with E-state index in [1.807, 2.05) is 6.92 Å². The fourth-order valence-electron chi connectivity index (χ4n) is 1.03. The molecule has 7 heteroatoms. The number of amidine groups is 1. The number of oxime groups is 1. The van der Waals surface area contributed by atoms with Gasteiger partial charge in [-0.15, -0.1) is 0 Å². The van der Waals surface area contributed by atoms with E-state index >= 15 is 0 Å². The lowest BCUT2D eigenvalue weighted by atomic mass is 10.2. The van der Waals surface area contributed by atoms with E-state index in [2.05, 4.69) is 9.88 Å². The summed E-state index contributed by atoms with van der Waals surface area (Å²) in [5.41, 5.74) is 5.34. The van der Waals surface area contributed by atoms with Crippen molar-refractivity contribution >= 4 is 15.9 Å². The topological polar surface area (TPSA) is 105 Å². The van der Waals surface area contributed by atoms with E-state index in [1.165, 1.54) is 0 Å². The van der Waals surface area contributed by atoms with Gasteiger partial charge in [-0.1, -0.05) is 25.4 Å². The summed E-state index contributed by atoms with van der Waals surface area (Å²) in [4.78, 5) is 0. The smallest absolute Gasteiger partial charge is 0.212 e. The molecule has 0 amide bonds. The molecular formula is C8H19N3O3S. The first kappa shape index (κ1) is 14.2. The van der Waals surface area contributed by atoms with Gasteiger partial charge in [-0.2, -0.15) is 0 Å². The number of nitrogens with zero attached hydrogens (tertiary/aromatic N) is 1. The minimum atomic E-state index is -3.33. The monoisotopic (exact) mass is 237 g/mol. The molecular weight excluding hydrogens is 218 g/mol. The van der Waals surface area contributed by atoms with Crippen LogP contribution >= 0.6 is 0 Å². The molecule has 0 aromatic carbocycles. The maximum Gasteiger partial charge on any atom is 0.212 e. The van der Waals surface area contributed by atoms with Crippen molar-refractivity contribution in [3.05, 3.63) is 0 Å². The van der Waals surface area contributed by atoms with E-state index in [0.717, 1.165) is 6.42 Å². The van der Waals surface area contributed by atoms with Gasteiger partial charge in [0.1, 0.15) is 0 Å². The van der Waals surface area contributed by atoms with Gasteiger partial charge < -0.3 is 10.9 Å². The maximum atomic E-state index is 11.5. The van der Waals surface area contributed by atoms with Crippen LogP contribution in [0.3, 0.4) is 0 Å². The third-order valence-electron chi connectivity index (χ3n) is 1.97. The molecule has 0 aliphatic rings. The van der Waals surface area contributed by atoms with E-state index in [1.54, 1.807) is 6.92 Å². The number of rotatable bonds is 7. The normalized spacial score (nSPS) is 15.2. The molecule has 15 heavy (non-hydrogen) atoms. The van der Waals surface area contributed by atoms with Crippen LogP contribution in [0.1, 0.15) is 33.1 Å². The van der Waals surface area contributed by atoms with Crippen molar-refractivity contribution in [2.45, 2.75) is 39.2 Å². The molecule has 0 saturated heterocycles. The highest BCUT2D eigenvalue weighted by atomic mass is 32.2. The van der Waals surface area contributed by atoms with Crippen molar-refractivity contribution in [2.75, 3.05) is 5.75 Å². The Hall–Kier alpha value is -0.820. The summed E-state index contributed by atoms with van der Waals surface area (Å²) >= 11 is 0. The Bertz CT molecular complexity index is 300. The maximum absolute atomic E-state index is 11.5. The summed E-state index contributed by atoms with van der Waals surface area (Å²) in [5, 5.41) is 11.2. The van der Waals surface area contributed by atoms with Crippen LogP contribution in [-0.4, -0.2) is 31.3 Å². The zero-order valence-corrected chi connectivity index (χ0v) is 9.92. The number of unbranched alkanes of at least 4 members (excludes halogenated alkanes) is 1. The zero-order chi connectivity index (χ0) is 11.9. The predicted molar refractivity (Wildman–Crippen MR) is 59.3 cm³/mol. The van der Waals surface area contributed by atoms with Gasteiger partial charge in [0, 0.05) is 0 Å². The van der Waals surface area contributed by atoms with Crippen LogP contribution in [0, 0.1) is 0 Å². The van der Waals surface area contributed by atoms with Gasteiger partial charge in [-0.3, -0.25) is 0 Å². The molecule has 4 N–H and O–H groups in total. The molecule has 1 atom stereocenters. The van der Waals surface area contributed by atoms with E-state index in [0.29, 0.717) is 12.8 Å². The average molecular weight is 237 g/mol. The third kappa shape index (κ3) is 5.58. The second-order valence-electron chi connectivity index (χ2n) is 3.28. The summed E-state index contributed by atoms with van der Waals surface area (Å²) in [6.07, 6.45) is 1.85. The second kappa shape index (κ2) is 6.62. The van der Waals surface area contributed by atoms with Crippen LogP contribution in [0.15, 0.2) is 5.16 Å². The molecule has 1 unspecified atom stereocenters. The Kier molecular flexibility index (Phi) is 6.26. The summed E-state index contributed by atoms with van der Waals surface area (Å²) in [6, 6.07) is -0.628. The Balaban J connectivity index is 4.41. The summed E-state index contributed by atoms with van der Waals surface area (Å²) in [7, 11) is -3.33. The molecule has 0 aliphatic carbocycles. The summed E-state index contributed by atoms with van der Waals surface area (Å²) in [6.45, 7) is 3.67. The molecule has 0 spiro atoms.